The number of carbonyl (C=O) groups excluding carboxylic acids is 1. The predicted molar refractivity (Wildman–Crippen MR) is 109 cm³/mol. The van der Waals surface area contributed by atoms with E-state index in [1.807, 2.05) is 0 Å². The van der Waals surface area contributed by atoms with E-state index in [1.165, 1.54) is 7.05 Å². The van der Waals surface area contributed by atoms with Gasteiger partial charge in [0.05, 0.1) is 23.9 Å². The van der Waals surface area contributed by atoms with Crippen LogP contribution in [0.25, 0.3) is 11.2 Å². The highest BCUT2D eigenvalue weighted by Gasteiger charge is 2.75. The summed E-state index contributed by atoms with van der Waals surface area (Å²) in [5.41, 5.74) is -0.0287. The fourth-order valence-electron chi connectivity index (χ4n) is 4.63. The summed E-state index contributed by atoms with van der Waals surface area (Å²) < 4.78 is 1.71. The van der Waals surface area contributed by atoms with Gasteiger partial charge in [0.25, 0.3) is 0 Å². The zero-order chi connectivity index (χ0) is 21.8. The number of hydrogen-bond donors (Lipinski definition) is 4. The zero-order valence-corrected chi connectivity index (χ0v) is 16.8. The van der Waals surface area contributed by atoms with Crippen molar-refractivity contribution in [3.05, 3.63) is 36.4 Å². The van der Waals surface area contributed by atoms with Crippen LogP contribution in [0, 0.1) is 23.2 Å². The van der Waals surface area contributed by atoms with E-state index in [0.29, 0.717) is 29.2 Å². The van der Waals surface area contributed by atoms with Crippen LogP contribution in [0.4, 0.5) is 5.82 Å². The van der Waals surface area contributed by atoms with Crippen molar-refractivity contribution in [2.75, 3.05) is 19.4 Å². The number of nitrogens with zero attached hydrogens (tertiary/aromatic N) is 6. The van der Waals surface area contributed by atoms with E-state index >= 15 is 0 Å². The van der Waals surface area contributed by atoms with Crippen LogP contribution in [-0.2, 0) is 4.79 Å². The van der Waals surface area contributed by atoms with Crippen LogP contribution in [0.1, 0.15) is 24.1 Å². The number of aromatic nitrogens is 6. The van der Waals surface area contributed by atoms with Crippen molar-refractivity contribution < 1.29 is 15.0 Å². The molecular formula is C20H20N8O3. The lowest BCUT2D eigenvalue weighted by molar-refractivity contribution is -0.132. The Balaban J connectivity index is 1.58. The standard InChI is InChI=1S/C20H20N8O3/c1-21-17-13-18(27-12(26-17)5-4-11-23-6-3-7-24-11)28(9-25-13)14-10-8-20(10,19(31)22-2)16(30)15(14)29/h3,6-7,9-10,14-16,29-30H,8H2,1-2H3,(H,22,31)(H,21,26,27)/t10?,14-,15?,16+,20-/m1/s1. The Kier molecular flexibility index (Phi) is 4.35. The van der Waals surface area contributed by atoms with Crippen LogP contribution in [0.2, 0.25) is 0 Å². The molecule has 2 aliphatic carbocycles. The first-order valence-corrected chi connectivity index (χ1v) is 9.81. The van der Waals surface area contributed by atoms with Crippen LogP contribution < -0.4 is 10.6 Å². The van der Waals surface area contributed by atoms with Crippen molar-refractivity contribution >= 4 is 22.9 Å². The molecule has 0 aliphatic heterocycles. The summed E-state index contributed by atoms with van der Waals surface area (Å²) in [6.07, 6.45) is 2.93. The number of aliphatic hydroxyl groups is 2. The van der Waals surface area contributed by atoms with Crippen molar-refractivity contribution in [3.63, 3.8) is 0 Å². The van der Waals surface area contributed by atoms with Crippen molar-refractivity contribution in [2.24, 2.45) is 11.3 Å². The number of nitrogens with one attached hydrogen (secondary N) is 2. The van der Waals surface area contributed by atoms with Gasteiger partial charge in [-0.25, -0.2) is 24.9 Å². The molecule has 3 heterocycles. The summed E-state index contributed by atoms with van der Waals surface area (Å²) in [5, 5.41) is 27.0. The molecule has 0 spiro atoms. The number of rotatable bonds is 3. The molecule has 5 atom stereocenters. The van der Waals surface area contributed by atoms with Gasteiger partial charge < -0.3 is 25.4 Å². The summed E-state index contributed by atoms with van der Waals surface area (Å²) in [7, 11) is 3.24. The first-order valence-electron chi connectivity index (χ1n) is 9.81. The number of anilines is 1. The highest BCUT2D eigenvalue weighted by molar-refractivity contribution is 5.88. The highest BCUT2D eigenvalue weighted by atomic mass is 16.3. The van der Waals surface area contributed by atoms with Gasteiger partial charge in [0, 0.05) is 32.4 Å². The van der Waals surface area contributed by atoms with Gasteiger partial charge in [-0.2, -0.15) is 0 Å². The SMILES string of the molecule is CNC(=O)[C@]12CC1[C@@H](n1cnc3c(NC)nc(C#Cc4ncccn4)nc31)C(O)[C@@H]2O. The fraction of sp³-hybridized carbons (Fsp3) is 0.400. The van der Waals surface area contributed by atoms with Crippen LogP contribution in [0.15, 0.2) is 24.8 Å². The Morgan fingerprint density at radius 3 is 2.61 bits per heavy atom. The second-order valence-electron chi connectivity index (χ2n) is 7.65. The maximum absolute atomic E-state index is 12.4. The third kappa shape index (κ3) is 2.76. The van der Waals surface area contributed by atoms with Crippen molar-refractivity contribution in [1.82, 2.24) is 34.8 Å². The molecule has 4 N–H and O–H groups in total. The minimum Gasteiger partial charge on any atom is -0.389 e. The average Bonchev–Trinajstić information content (AvgIpc) is 3.34. The molecule has 0 bridgehead atoms. The smallest absolute Gasteiger partial charge is 0.229 e. The first-order chi connectivity index (χ1) is 15.0. The summed E-state index contributed by atoms with van der Waals surface area (Å²) in [5.74, 6) is 6.23. The van der Waals surface area contributed by atoms with Gasteiger partial charge in [-0.1, -0.05) is 0 Å². The molecule has 0 saturated heterocycles. The maximum atomic E-state index is 12.4. The molecule has 158 valence electrons. The van der Waals surface area contributed by atoms with Crippen LogP contribution in [0.5, 0.6) is 0 Å². The van der Waals surface area contributed by atoms with Gasteiger partial charge in [0.2, 0.25) is 17.6 Å². The lowest BCUT2D eigenvalue weighted by Gasteiger charge is -2.23. The molecule has 5 rings (SSSR count). The molecule has 3 aromatic rings. The van der Waals surface area contributed by atoms with E-state index in [0.717, 1.165) is 0 Å². The fourth-order valence-corrected chi connectivity index (χ4v) is 4.63. The lowest BCUT2D eigenvalue weighted by Crippen LogP contribution is -2.41. The Bertz CT molecular complexity index is 1230. The van der Waals surface area contributed by atoms with Gasteiger partial charge in [-0.3, -0.25) is 4.79 Å². The van der Waals surface area contributed by atoms with Gasteiger partial charge in [0.15, 0.2) is 17.0 Å². The van der Waals surface area contributed by atoms with E-state index in [9.17, 15) is 15.0 Å². The molecule has 2 aliphatic rings. The van der Waals surface area contributed by atoms with Gasteiger partial charge in [-0.15, -0.1) is 0 Å². The molecule has 11 nitrogen and oxygen atoms in total. The third-order valence-corrected chi connectivity index (χ3v) is 6.15. The Labute approximate surface area is 177 Å². The van der Waals surface area contributed by atoms with Crippen molar-refractivity contribution in [3.8, 4) is 11.8 Å². The molecule has 0 radical (unpaired) electrons. The number of imidazole rings is 1. The number of aliphatic hydroxyl groups excluding tert-OH is 2. The molecule has 2 fully saturated rings. The van der Waals surface area contributed by atoms with E-state index in [4.69, 9.17) is 0 Å². The molecule has 11 heteroatoms. The van der Waals surface area contributed by atoms with Crippen LogP contribution in [0.3, 0.4) is 0 Å². The van der Waals surface area contributed by atoms with Crippen LogP contribution >= 0.6 is 0 Å². The summed E-state index contributed by atoms with van der Waals surface area (Å²) in [6.45, 7) is 0. The van der Waals surface area contributed by atoms with Gasteiger partial charge in [-0.05, 0) is 24.3 Å². The Morgan fingerprint density at radius 2 is 1.90 bits per heavy atom. The molecular weight excluding hydrogens is 400 g/mol. The second-order valence-corrected chi connectivity index (χ2v) is 7.65. The molecule has 1 amide bonds. The quantitative estimate of drug-likeness (QED) is 0.395. The first kappa shape index (κ1) is 19.3. The van der Waals surface area contributed by atoms with Crippen LogP contribution in [-0.4, -0.2) is 71.9 Å². The Hall–Kier alpha value is -3.62. The third-order valence-electron chi connectivity index (χ3n) is 6.15. The maximum Gasteiger partial charge on any atom is 0.229 e. The summed E-state index contributed by atoms with van der Waals surface area (Å²) in [6, 6.07) is 1.15. The number of amides is 1. The molecule has 2 unspecified atom stereocenters. The van der Waals surface area contributed by atoms with E-state index in [2.05, 4.69) is 47.4 Å². The summed E-state index contributed by atoms with van der Waals surface area (Å²) >= 11 is 0. The molecule has 2 saturated carbocycles. The Morgan fingerprint density at radius 1 is 1.16 bits per heavy atom. The van der Waals surface area contributed by atoms with Crippen molar-refractivity contribution in [2.45, 2.75) is 24.7 Å². The largest absolute Gasteiger partial charge is 0.389 e. The monoisotopic (exact) mass is 420 g/mol. The minimum absolute atomic E-state index is 0.227. The predicted octanol–water partition coefficient (Wildman–Crippen LogP) is -0.913. The van der Waals surface area contributed by atoms with Crippen molar-refractivity contribution in [1.29, 1.82) is 0 Å². The van der Waals surface area contributed by atoms with Gasteiger partial charge in [0.1, 0.15) is 6.10 Å². The van der Waals surface area contributed by atoms with E-state index < -0.39 is 23.7 Å². The average molecular weight is 420 g/mol. The van der Waals surface area contributed by atoms with E-state index in [-0.39, 0.29) is 17.6 Å². The lowest BCUT2D eigenvalue weighted by atomic mass is 9.98. The highest BCUT2D eigenvalue weighted by Crippen LogP contribution is 2.67. The molecule has 31 heavy (non-hydrogen) atoms. The number of hydrogen-bond acceptors (Lipinski definition) is 9. The van der Waals surface area contributed by atoms with E-state index in [1.54, 1.807) is 36.4 Å². The molecule has 3 aromatic heterocycles. The second kappa shape index (κ2) is 6.97. The minimum atomic E-state index is -1.17. The topological polar surface area (TPSA) is 151 Å². The molecule has 0 aromatic carbocycles. The number of fused-ring (bicyclic) bond motifs is 2. The summed E-state index contributed by atoms with van der Waals surface area (Å²) in [4.78, 5) is 33.9. The normalized spacial score (nSPS) is 28.5. The number of carbonyl (C=O) groups is 1. The zero-order valence-electron chi connectivity index (χ0n) is 16.8. The van der Waals surface area contributed by atoms with Gasteiger partial charge >= 0.3 is 0 Å².